The summed E-state index contributed by atoms with van der Waals surface area (Å²) in [5.41, 5.74) is 2.42. The van der Waals surface area contributed by atoms with Crippen LogP contribution >= 0.6 is 0 Å². The summed E-state index contributed by atoms with van der Waals surface area (Å²) < 4.78 is 5.57. The number of pyridine rings is 1. The van der Waals surface area contributed by atoms with E-state index in [0.29, 0.717) is 25.5 Å². The maximum absolute atomic E-state index is 12.8. The highest BCUT2D eigenvalue weighted by Gasteiger charge is 2.33. The quantitative estimate of drug-likeness (QED) is 0.938. The number of ether oxygens (including phenoxy) is 1. The molecule has 1 aliphatic heterocycles. The van der Waals surface area contributed by atoms with Gasteiger partial charge in [-0.1, -0.05) is 18.9 Å². The largest absolute Gasteiger partial charge is 0.377 e. The minimum absolute atomic E-state index is 0.0118. The predicted octanol–water partition coefficient (Wildman–Crippen LogP) is 2.11. The second-order valence-corrected chi connectivity index (χ2v) is 6.33. The average Bonchev–Trinajstić information content (AvgIpc) is 3.24. The third kappa shape index (κ3) is 3.12. The lowest BCUT2D eigenvalue weighted by atomic mass is 10.1. The molecule has 0 radical (unpaired) electrons. The summed E-state index contributed by atoms with van der Waals surface area (Å²) in [7, 11) is 0. The summed E-state index contributed by atoms with van der Waals surface area (Å²) in [6.07, 6.45) is 8.91. The zero-order valence-corrected chi connectivity index (χ0v) is 12.9. The summed E-state index contributed by atoms with van der Waals surface area (Å²) in [4.78, 5) is 19.1. The molecule has 0 aromatic carbocycles. The Bertz CT molecular complexity index is 664. The van der Waals surface area contributed by atoms with Crippen molar-refractivity contribution >= 4 is 5.91 Å². The van der Waals surface area contributed by atoms with Crippen molar-refractivity contribution in [3.63, 3.8) is 0 Å². The molecule has 1 saturated carbocycles. The molecule has 1 N–H and O–H groups in total. The second-order valence-electron chi connectivity index (χ2n) is 6.33. The fraction of sp³-hybridized carbons (Fsp3) is 0.471. The minimum Gasteiger partial charge on any atom is -0.377 e. The fourth-order valence-electron chi connectivity index (χ4n) is 3.10. The van der Waals surface area contributed by atoms with Crippen molar-refractivity contribution < 1.29 is 9.53 Å². The summed E-state index contributed by atoms with van der Waals surface area (Å²) in [5, 5.41) is 6.71. The first-order valence-electron chi connectivity index (χ1n) is 8.15. The number of aromatic nitrogens is 3. The van der Waals surface area contributed by atoms with Crippen molar-refractivity contribution in [1.82, 2.24) is 20.1 Å². The van der Waals surface area contributed by atoms with Crippen LogP contribution in [0.4, 0.5) is 0 Å². The number of nitrogens with zero attached hydrogens (tertiary/aromatic N) is 3. The van der Waals surface area contributed by atoms with Gasteiger partial charge in [0.25, 0.3) is 5.91 Å². The van der Waals surface area contributed by atoms with E-state index in [2.05, 4.69) is 15.2 Å². The number of carbonyl (C=O) groups excluding carboxylic acids is 1. The van der Waals surface area contributed by atoms with Crippen molar-refractivity contribution in [2.24, 2.45) is 5.92 Å². The molecule has 1 aliphatic carbocycles. The summed E-state index contributed by atoms with van der Waals surface area (Å²) in [6.45, 7) is 1.91. The van der Waals surface area contributed by atoms with Crippen LogP contribution in [0.25, 0.3) is 11.1 Å². The first-order valence-corrected chi connectivity index (χ1v) is 8.15. The molecule has 120 valence electrons. The van der Waals surface area contributed by atoms with Gasteiger partial charge in [0.1, 0.15) is 5.69 Å². The van der Waals surface area contributed by atoms with Gasteiger partial charge in [-0.25, -0.2) is 0 Å². The molecule has 23 heavy (non-hydrogen) atoms. The first-order chi connectivity index (χ1) is 11.3. The Kier molecular flexibility index (Phi) is 3.83. The van der Waals surface area contributed by atoms with Gasteiger partial charge in [-0.15, -0.1) is 0 Å². The van der Waals surface area contributed by atoms with Crippen LogP contribution in [0.3, 0.4) is 0 Å². The highest BCUT2D eigenvalue weighted by molar-refractivity contribution is 5.93. The van der Waals surface area contributed by atoms with Gasteiger partial charge in [0.15, 0.2) is 0 Å². The zero-order chi connectivity index (χ0) is 15.6. The van der Waals surface area contributed by atoms with Gasteiger partial charge in [-0.3, -0.25) is 14.9 Å². The van der Waals surface area contributed by atoms with Crippen molar-refractivity contribution in [1.29, 1.82) is 0 Å². The number of carbonyl (C=O) groups is 1. The summed E-state index contributed by atoms with van der Waals surface area (Å²) >= 11 is 0. The predicted molar refractivity (Wildman–Crippen MR) is 84.8 cm³/mol. The van der Waals surface area contributed by atoms with Gasteiger partial charge < -0.3 is 9.64 Å². The van der Waals surface area contributed by atoms with Crippen LogP contribution in [-0.4, -0.2) is 51.8 Å². The number of amides is 1. The third-order valence-electron chi connectivity index (χ3n) is 4.60. The van der Waals surface area contributed by atoms with Crippen LogP contribution in [0.1, 0.15) is 29.8 Å². The normalized spacial score (nSPS) is 21.4. The number of aromatic amines is 1. The number of rotatable bonds is 4. The molecule has 2 aromatic heterocycles. The molecule has 0 unspecified atom stereocenters. The standard InChI is InChI=1S/C17H20N4O2/c22-17(21-5-6-23-11-15(21)7-12-1-2-12)16-4-3-13(8-18-16)14-9-19-20-10-14/h3-4,8-10,12,15H,1-2,5-7,11H2,(H,19,20)/t15-/m0/s1. The van der Waals surface area contributed by atoms with Gasteiger partial charge in [0, 0.05) is 30.1 Å². The molecule has 4 rings (SSSR count). The molecule has 6 nitrogen and oxygen atoms in total. The van der Waals surface area contributed by atoms with E-state index >= 15 is 0 Å². The van der Waals surface area contributed by atoms with E-state index in [9.17, 15) is 4.79 Å². The van der Waals surface area contributed by atoms with Crippen molar-refractivity contribution in [3.05, 3.63) is 36.4 Å². The minimum atomic E-state index is 0.0118. The van der Waals surface area contributed by atoms with Crippen LogP contribution in [0.15, 0.2) is 30.7 Å². The topological polar surface area (TPSA) is 71.1 Å². The van der Waals surface area contributed by atoms with E-state index in [1.54, 1.807) is 18.5 Å². The van der Waals surface area contributed by atoms with E-state index in [1.165, 1.54) is 12.8 Å². The van der Waals surface area contributed by atoms with E-state index in [4.69, 9.17) is 4.74 Å². The number of H-pyrrole nitrogens is 1. The lowest BCUT2D eigenvalue weighted by Gasteiger charge is -2.35. The lowest BCUT2D eigenvalue weighted by Crippen LogP contribution is -2.49. The first kappa shape index (κ1) is 14.4. The zero-order valence-electron chi connectivity index (χ0n) is 12.9. The summed E-state index contributed by atoms with van der Waals surface area (Å²) in [5.74, 6) is 0.783. The van der Waals surface area contributed by atoms with Crippen LogP contribution in [0, 0.1) is 5.92 Å². The summed E-state index contributed by atoms with van der Waals surface area (Å²) in [6, 6.07) is 3.91. The molecule has 3 heterocycles. The number of nitrogens with one attached hydrogen (secondary N) is 1. The van der Waals surface area contributed by atoms with E-state index < -0.39 is 0 Å². The number of hydrogen-bond acceptors (Lipinski definition) is 4. The highest BCUT2D eigenvalue weighted by atomic mass is 16.5. The molecule has 2 aromatic rings. The average molecular weight is 312 g/mol. The molecule has 6 heteroatoms. The molecule has 2 fully saturated rings. The SMILES string of the molecule is O=C(c1ccc(-c2cn[nH]c2)cn1)N1CCOC[C@@H]1CC1CC1. The Balaban J connectivity index is 1.50. The van der Waals surface area contributed by atoms with E-state index in [0.717, 1.165) is 23.5 Å². The van der Waals surface area contributed by atoms with Crippen LogP contribution < -0.4 is 0 Å². The molecule has 0 bridgehead atoms. The molecule has 0 spiro atoms. The van der Waals surface area contributed by atoms with Gasteiger partial charge in [-0.05, 0) is 18.4 Å². The molecule has 1 amide bonds. The van der Waals surface area contributed by atoms with Crippen molar-refractivity contribution in [2.45, 2.75) is 25.3 Å². The third-order valence-corrected chi connectivity index (χ3v) is 4.60. The Morgan fingerprint density at radius 1 is 1.30 bits per heavy atom. The maximum Gasteiger partial charge on any atom is 0.272 e. The van der Waals surface area contributed by atoms with Crippen LogP contribution in [-0.2, 0) is 4.74 Å². The molecule has 2 aliphatic rings. The molecule has 1 saturated heterocycles. The Morgan fingerprint density at radius 3 is 2.91 bits per heavy atom. The lowest BCUT2D eigenvalue weighted by molar-refractivity contribution is -0.00599. The van der Waals surface area contributed by atoms with E-state index in [1.807, 2.05) is 17.2 Å². The smallest absolute Gasteiger partial charge is 0.272 e. The molecular formula is C17H20N4O2. The Morgan fingerprint density at radius 2 is 2.22 bits per heavy atom. The Labute approximate surface area is 134 Å². The van der Waals surface area contributed by atoms with Crippen molar-refractivity contribution in [3.8, 4) is 11.1 Å². The fourth-order valence-corrected chi connectivity index (χ4v) is 3.10. The van der Waals surface area contributed by atoms with E-state index in [-0.39, 0.29) is 11.9 Å². The van der Waals surface area contributed by atoms with Gasteiger partial charge in [0.2, 0.25) is 0 Å². The second kappa shape index (κ2) is 6.12. The maximum atomic E-state index is 12.8. The molecular weight excluding hydrogens is 292 g/mol. The van der Waals surface area contributed by atoms with Crippen molar-refractivity contribution in [2.75, 3.05) is 19.8 Å². The molecule has 1 atom stereocenters. The monoisotopic (exact) mass is 312 g/mol. The number of morpholine rings is 1. The highest BCUT2D eigenvalue weighted by Crippen LogP contribution is 2.35. The Hall–Kier alpha value is -2.21. The number of hydrogen-bond donors (Lipinski definition) is 1. The van der Waals surface area contributed by atoms with Crippen LogP contribution in [0.2, 0.25) is 0 Å². The van der Waals surface area contributed by atoms with Gasteiger partial charge in [-0.2, -0.15) is 5.10 Å². The van der Waals surface area contributed by atoms with Gasteiger partial charge >= 0.3 is 0 Å². The van der Waals surface area contributed by atoms with Gasteiger partial charge in [0.05, 0.1) is 25.5 Å². The van der Waals surface area contributed by atoms with Crippen LogP contribution in [0.5, 0.6) is 0 Å².